The van der Waals surface area contributed by atoms with Gasteiger partial charge in [0.05, 0.1) is 5.69 Å². The molecule has 7 aromatic carbocycles. The van der Waals surface area contributed by atoms with Crippen LogP contribution in [0.2, 0.25) is 0 Å². The first-order valence-electron chi connectivity index (χ1n) is 15.0. The van der Waals surface area contributed by atoms with Crippen molar-refractivity contribution in [3.8, 4) is 22.6 Å². The Morgan fingerprint density at radius 1 is 0.489 bits per heavy atom. The molecule has 0 fully saturated rings. The van der Waals surface area contributed by atoms with E-state index in [1.807, 2.05) is 41.7 Å². The van der Waals surface area contributed by atoms with Crippen molar-refractivity contribution in [1.29, 1.82) is 0 Å². The van der Waals surface area contributed by atoms with Crippen LogP contribution < -0.4 is 4.90 Å². The van der Waals surface area contributed by atoms with Gasteiger partial charge in [-0.1, -0.05) is 103 Å². The lowest BCUT2D eigenvalue weighted by molar-refractivity contribution is 0.623. The molecule has 0 atom stereocenters. The standard InChI is InChI=1S/C41H26N2OS/c1-3-11-27(12-4-1)28-19-21-31(22-20-28)43(32-23-24-38-35(26-32)34-17-9-10-18-37(34)45-38)36-25-30-15-7-8-16-33(30)40-39(36)42-41(44-40)29-13-5-2-6-14-29/h1-26H. The Balaban J connectivity index is 1.31. The van der Waals surface area contributed by atoms with Gasteiger partial charge in [0.15, 0.2) is 5.58 Å². The number of benzene rings is 7. The lowest BCUT2D eigenvalue weighted by atomic mass is 10.0. The van der Waals surface area contributed by atoms with Crippen molar-refractivity contribution < 1.29 is 4.42 Å². The highest BCUT2D eigenvalue weighted by Crippen LogP contribution is 2.45. The van der Waals surface area contributed by atoms with Gasteiger partial charge in [0.25, 0.3) is 0 Å². The van der Waals surface area contributed by atoms with E-state index in [-0.39, 0.29) is 0 Å². The molecule has 0 saturated heterocycles. The highest BCUT2D eigenvalue weighted by molar-refractivity contribution is 7.25. The number of fused-ring (bicyclic) bond motifs is 6. The molecule has 212 valence electrons. The maximum atomic E-state index is 6.59. The zero-order chi connectivity index (χ0) is 29.7. The van der Waals surface area contributed by atoms with Gasteiger partial charge in [0, 0.05) is 42.5 Å². The van der Waals surface area contributed by atoms with Crippen molar-refractivity contribution in [2.24, 2.45) is 0 Å². The monoisotopic (exact) mass is 594 g/mol. The summed E-state index contributed by atoms with van der Waals surface area (Å²) in [5.74, 6) is 0.613. The van der Waals surface area contributed by atoms with Crippen molar-refractivity contribution in [3.05, 3.63) is 158 Å². The second kappa shape index (κ2) is 10.5. The van der Waals surface area contributed by atoms with E-state index < -0.39 is 0 Å². The fourth-order valence-electron chi connectivity index (χ4n) is 6.31. The molecule has 0 aliphatic heterocycles. The summed E-state index contributed by atoms with van der Waals surface area (Å²) < 4.78 is 9.15. The summed E-state index contributed by atoms with van der Waals surface area (Å²) in [6.45, 7) is 0. The first-order chi connectivity index (χ1) is 22.3. The van der Waals surface area contributed by atoms with E-state index in [1.54, 1.807) is 0 Å². The van der Waals surface area contributed by atoms with Crippen LogP contribution in [0.4, 0.5) is 17.1 Å². The molecule has 0 saturated carbocycles. The first-order valence-corrected chi connectivity index (χ1v) is 15.9. The lowest BCUT2D eigenvalue weighted by Crippen LogP contribution is -2.10. The van der Waals surface area contributed by atoms with Crippen molar-refractivity contribution >= 4 is 70.4 Å². The molecule has 0 N–H and O–H groups in total. The lowest BCUT2D eigenvalue weighted by Gasteiger charge is -2.26. The average Bonchev–Trinajstić information content (AvgIpc) is 3.72. The number of thiophene rings is 1. The normalized spacial score (nSPS) is 11.6. The van der Waals surface area contributed by atoms with Gasteiger partial charge >= 0.3 is 0 Å². The molecule has 9 aromatic rings. The van der Waals surface area contributed by atoms with Crippen LogP contribution in [0.25, 0.3) is 64.6 Å². The SMILES string of the molecule is c1ccc(-c2ccc(N(c3ccc4sc5ccccc5c4c3)c3cc4ccccc4c4oc(-c5ccccc5)nc34)cc2)cc1. The molecule has 9 rings (SSSR count). The van der Waals surface area contributed by atoms with Gasteiger partial charge in [-0.3, -0.25) is 0 Å². The second-order valence-electron chi connectivity index (χ2n) is 11.2. The summed E-state index contributed by atoms with van der Waals surface area (Å²) in [6, 6.07) is 55.5. The summed E-state index contributed by atoms with van der Waals surface area (Å²) in [4.78, 5) is 7.49. The Bertz CT molecular complexity index is 2480. The second-order valence-corrected chi connectivity index (χ2v) is 12.3. The van der Waals surface area contributed by atoms with Crippen LogP contribution in [-0.4, -0.2) is 4.98 Å². The summed E-state index contributed by atoms with van der Waals surface area (Å²) in [5.41, 5.74) is 8.03. The largest absolute Gasteiger partial charge is 0.435 e. The van der Waals surface area contributed by atoms with Crippen LogP contribution in [0, 0.1) is 0 Å². The predicted molar refractivity (Wildman–Crippen MR) is 190 cm³/mol. The van der Waals surface area contributed by atoms with Crippen LogP contribution >= 0.6 is 11.3 Å². The minimum atomic E-state index is 0.613. The van der Waals surface area contributed by atoms with Crippen molar-refractivity contribution in [3.63, 3.8) is 0 Å². The van der Waals surface area contributed by atoms with Crippen LogP contribution in [-0.2, 0) is 0 Å². The minimum absolute atomic E-state index is 0.613. The molecule has 0 radical (unpaired) electrons. The number of hydrogen-bond acceptors (Lipinski definition) is 4. The zero-order valence-corrected chi connectivity index (χ0v) is 25.0. The molecular formula is C41H26N2OS. The van der Waals surface area contributed by atoms with Gasteiger partial charge in [0.1, 0.15) is 5.52 Å². The third-order valence-corrected chi connectivity index (χ3v) is 9.63. The minimum Gasteiger partial charge on any atom is -0.435 e. The number of aromatic nitrogens is 1. The Kier molecular flexibility index (Phi) is 6.00. The van der Waals surface area contributed by atoms with Crippen molar-refractivity contribution in [2.45, 2.75) is 0 Å². The third-order valence-electron chi connectivity index (χ3n) is 8.48. The molecule has 0 aliphatic rings. The highest BCUT2D eigenvalue weighted by Gasteiger charge is 2.22. The van der Waals surface area contributed by atoms with Gasteiger partial charge in [-0.15, -0.1) is 11.3 Å². The summed E-state index contributed by atoms with van der Waals surface area (Å²) in [7, 11) is 0. The van der Waals surface area contributed by atoms with Crippen molar-refractivity contribution in [2.75, 3.05) is 4.90 Å². The number of hydrogen-bond donors (Lipinski definition) is 0. The molecule has 0 unspecified atom stereocenters. The molecule has 0 bridgehead atoms. The van der Waals surface area contributed by atoms with Crippen molar-refractivity contribution in [1.82, 2.24) is 4.98 Å². The van der Waals surface area contributed by atoms with Gasteiger partial charge in [0.2, 0.25) is 5.89 Å². The van der Waals surface area contributed by atoms with E-state index in [2.05, 4.69) is 132 Å². The topological polar surface area (TPSA) is 29.3 Å². The molecule has 3 nitrogen and oxygen atoms in total. The quantitative estimate of drug-likeness (QED) is 0.198. The van der Waals surface area contributed by atoms with Crippen LogP contribution in [0.5, 0.6) is 0 Å². The van der Waals surface area contributed by atoms with Gasteiger partial charge in [-0.2, -0.15) is 0 Å². The number of nitrogens with zero attached hydrogens (tertiary/aromatic N) is 2. The fraction of sp³-hybridized carbons (Fsp3) is 0. The molecule has 0 aliphatic carbocycles. The van der Waals surface area contributed by atoms with E-state index in [0.717, 1.165) is 44.5 Å². The molecule has 0 spiro atoms. The predicted octanol–water partition coefficient (Wildman–Crippen LogP) is 12.2. The average molecular weight is 595 g/mol. The van der Waals surface area contributed by atoms with Crippen LogP contribution in [0.3, 0.4) is 0 Å². The maximum absolute atomic E-state index is 6.59. The van der Waals surface area contributed by atoms with E-state index in [1.165, 1.54) is 31.3 Å². The number of oxazole rings is 1. The third kappa shape index (κ3) is 4.38. The Labute approximate surface area is 264 Å². The highest BCUT2D eigenvalue weighted by atomic mass is 32.1. The van der Waals surface area contributed by atoms with E-state index in [4.69, 9.17) is 9.40 Å². The van der Waals surface area contributed by atoms with Gasteiger partial charge < -0.3 is 9.32 Å². The van der Waals surface area contributed by atoms with E-state index in [9.17, 15) is 0 Å². The molecular weight excluding hydrogens is 569 g/mol. The summed E-state index contributed by atoms with van der Waals surface area (Å²) in [5, 5.41) is 4.67. The first kappa shape index (κ1) is 25.8. The van der Waals surface area contributed by atoms with Gasteiger partial charge in [-0.05, 0) is 71.1 Å². The van der Waals surface area contributed by atoms with E-state index in [0.29, 0.717) is 5.89 Å². The number of rotatable bonds is 5. The maximum Gasteiger partial charge on any atom is 0.227 e. The summed E-state index contributed by atoms with van der Waals surface area (Å²) >= 11 is 1.83. The molecule has 0 amide bonds. The Hall–Kier alpha value is -5.71. The van der Waals surface area contributed by atoms with Gasteiger partial charge in [-0.25, -0.2) is 4.98 Å². The molecule has 2 aromatic heterocycles. The van der Waals surface area contributed by atoms with E-state index >= 15 is 0 Å². The smallest absolute Gasteiger partial charge is 0.227 e. The molecule has 4 heteroatoms. The van der Waals surface area contributed by atoms with Crippen LogP contribution in [0.15, 0.2) is 162 Å². The summed E-state index contributed by atoms with van der Waals surface area (Å²) in [6.07, 6.45) is 0. The van der Waals surface area contributed by atoms with Crippen LogP contribution in [0.1, 0.15) is 0 Å². The fourth-order valence-corrected chi connectivity index (χ4v) is 7.40. The Morgan fingerprint density at radius 2 is 1.11 bits per heavy atom. The molecule has 2 heterocycles. The molecule has 45 heavy (non-hydrogen) atoms. The number of anilines is 3. The Morgan fingerprint density at radius 3 is 1.91 bits per heavy atom. The zero-order valence-electron chi connectivity index (χ0n) is 24.2.